The van der Waals surface area contributed by atoms with Gasteiger partial charge in [0, 0.05) is 0 Å². The predicted molar refractivity (Wildman–Crippen MR) is 46.2 cm³/mol. The lowest BCUT2D eigenvalue weighted by atomic mass is 10.0. The molecule has 0 aliphatic rings. The number of benzene rings is 1. The molecule has 1 aromatic rings. The molecule has 0 saturated carbocycles. The van der Waals surface area contributed by atoms with Crippen molar-refractivity contribution in [3.63, 3.8) is 0 Å². The molecule has 0 bridgehead atoms. The van der Waals surface area contributed by atoms with Crippen LogP contribution in [-0.4, -0.2) is 21.3 Å². The Labute approximate surface area is 75.1 Å². The van der Waals surface area contributed by atoms with Crippen LogP contribution in [0.1, 0.15) is 21.5 Å². The number of hydrogen-bond donors (Lipinski definition) is 3. The maximum absolute atomic E-state index is 10.7. The highest BCUT2D eigenvalue weighted by atomic mass is 16.4. The van der Waals surface area contributed by atoms with E-state index in [0.717, 1.165) is 0 Å². The van der Waals surface area contributed by atoms with Gasteiger partial charge in [-0.1, -0.05) is 0 Å². The number of hydrogen-bond acceptors (Lipinski definition) is 3. The average Bonchev–Trinajstić information content (AvgIpc) is 2.01. The van der Waals surface area contributed by atoms with Crippen LogP contribution in [0.3, 0.4) is 0 Å². The number of carbonyl (C=O) groups is 1. The molecule has 0 unspecified atom stereocenters. The lowest BCUT2D eigenvalue weighted by molar-refractivity contribution is 0.0692. The van der Waals surface area contributed by atoms with Crippen LogP contribution in [0.15, 0.2) is 6.07 Å². The molecule has 0 aliphatic heterocycles. The monoisotopic (exact) mass is 182 g/mol. The molecule has 0 aromatic heterocycles. The molecule has 70 valence electrons. The largest absolute Gasteiger partial charge is 0.504 e. The summed E-state index contributed by atoms with van der Waals surface area (Å²) in [6.07, 6.45) is 0. The third-order valence-electron chi connectivity index (χ3n) is 2.01. The van der Waals surface area contributed by atoms with E-state index in [9.17, 15) is 9.90 Å². The topological polar surface area (TPSA) is 77.8 Å². The average molecular weight is 182 g/mol. The molecule has 0 radical (unpaired) electrons. The van der Waals surface area contributed by atoms with Crippen molar-refractivity contribution in [3.8, 4) is 11.5 Å². The molecular formula is C9H10O4. The van der Waals surface area contributed by atoms with E-state index in [-0.39, 0.29) is 5.56 Å². The number of phenols is 2. The summed E-state index contributed by atoms with van der Waals surface area (Å²) in [5.74, 6) is -2.22. The third-order valence-corrected chi connectivity index (χ3v) is 2.01. The molecule has 0 amide bonds. The van der Waals surface area contributed by atoms with Crippen molar-refractivity contribution >= 4 is 5.97 Å². The number of carboxylic acids is 1. The van der Waals surface area contributed by atoms with Crippen molar-refractivity contribution in [2.24, 2.45) is 0 Å². The van der Waals surface area contributed by atoms with Gasteiger partial charge in [-0.05, 0) is 31.0 Å². The van der Waals surface area contributed by atoms with Gasteiger partial charge in [-0.2, -0.15) is 0 Å². The smallest absolute Gasteiger partial charge is 0.339 e. The van der Waals surface area contributed by atoms with Gasteiger partial charge in [-0.15, -0.1) is 0 Å². The lowest BCUT2D eigenvalue weighted by Gasteiger charge is -2.08. The maximum atomic E-state index is 10.7. The molecule has 0 aliphatic carbocycles. The van der Waals surface area contributed by atoms with Gasteiger partial charge in [-0.25, -0.2) is 4.79 Å². The molecule has 0 atom stereocenters. The molecular weight excluding hydrogens is 172 g/mol. The Bertz CT molecular complexity index is 342. The van der Waals surface area contributed by atoms with E-state index in [1.165, 1.54) is 6.07 Å². The number of phenolic OH excluding ortho intramolecular Hbond substituents is 1. The normalized spacial score (nSPS) is 10.0. The van der Waals surface area contributed by atoms with Crippen molar-refractivity contribution in [1.82, 2.24) is 0 Å². The lowest BCUT2D eigenvalue weighted by Crippen LogP contribution is -2.01. The van der Waals surface area contributed by atoms with Crippen molar-refractivity contribution in [2.75, 3.05) is 0 Å². The molecule has 1 rings (SSSR count). The van der Waals surface area contributed by atoms with E-state index in [1.54, 1.807) is 13.8 Å². The number of aromatic hydroxyl groups is 2. The quantitative estimate of drug-likeness (QED) is 0.574. The summed E-state index contributed by atoms with van der Waals surface area (Å²) in [6, 6.07) is 1.33. The Balaban J connectivity index is 3.56. The Morgan fingerprint density at radius 1 is 1.31 bits per heavy atom. The van der Waals surface area contributed by atoms with Gasteiger partial charge >= 0.3 is 5.97 Å². The van der Waals surface area contributed by atoms with E-state index in [2.05, 4.69) is 0 Å². The van der Waals surface area contributed by atoms with E-state index in [1.807, 2.05) is 0 Å². The summed E-state index contributed by atoms with van der Waals surface area (Å²) in [4.78, 5) is 10.7. The molecule has 0 spiro atoms. The van der Waals surface area contributed by atoms with Crippen LogP contribution in [0.4, 0.5) is 0 Å². The zero-order valence-electron chi connectivity index (χ0n) is 7.33. The first-order valence-corrected chi connectivity index (χ1v) is 3.70. The minimum atomic E-state index is -1.24. The van der Waals surface area contributed by atoms with Crippen molar-refractivity contribution < 1.29 is 20.1 Å². The molecule has 13 heavy (non-hydrogen) atoms. The van der Waals surface area contributed by atoms with Gasteiger partial charge in [0.05, 0.1) is 0 Å². The van der Waals surface area contributed by atoms with E-state index in [4.69, 9.17) is 10.2 Å². The first-order chi connectivity index (χ1) is 5.95. The molecule has 0 heterocycles. The summed E-state index contributed by atoms with van der Waals surface area (Å²) in [6.45, 7) is 3.25. The van der Waals surface area contributed by atoms with Crippen LogP contribution in [0.2, 0.25) is 0 Å². The summed E-state index contributed by atoms with van der Waals surface area (Å²) in [5, 5.41) is 27.1. The minimum absolute atomic E-state index is 0.238. The Morgan fingerprint density at radius 3 is 2.31 bits per heavy atom. The molecule has 0 saturated heterocycles. The summed E-state index contributed by atoms with van der Waals surface area (Å²) < 4.78 is 0. The number of rotatable bonds is 1. The molecule has 0 fully saturated rings. The van der Waals surface area contributed by atoms with Crippen LogP contribution in [0, 0.1) is 13.8 Å². The van der Waals surface area contributed by atoms with Crippen LogP contribution >= 0.6 is 0 Å². The number of aryl methyl sites for hydroxylation is 1. The van der Waals surface area contributed by atoms with E-state index < -0.39 is 17.5 Å². The van der Waals surface area contributed by atoms with Crippen molar-refractivity contribution in [3.05, 3.63) is 22.8 Å². The Kier molecular flexibility index (Phi) is 2.14. The first-order valence-electron chi connectivity index (χ1n) is 3.70. The Morgan fingerprint density at radius 2 is 1.85 bits per heavy atom. The fourth-order valence-corrected chi connectivity index (χ4v) is 1.15. The van der Waals surface area contributed by atoms with Gasteiger partial charge in [0.2, 0.25) is 0 Å². The second-order valence-corrected chi connectivity index (χ2v) is 2.87. The van der Waals surface area contributed by atoms with E-state index >= 15 is 0 Å². The van der Waals surface area contributed by atoms with Gasteiger partial charge in [0.1, 0.15) is 5.56 Å². The highest BCUT2D eigenvalue weighted by Gasteiger charge is 2.17. The Hall–Kier alpha value is -1.71. The minimum Gasteiger partial charge on any atom is -0.504 e. The predicted octanol–water partition coefficient (Wildman–Crippen LogP) is 1.41. The summed E-state index contributed by atoms with van der Waals surface area (Å²) >= 11 is 0. The van der Waals surface area contributed by atoms with Crippen molar-refractivity contribution in [1.29, 1.82) is 0 Å². The highest BCUT2D eigenvalue weighted by molar-refractivity contribution is 5.94. The van der Waals surface area contributed by atoms with Gasteiger partial charge in [-0.3, -0.25) is 0 Å². The van der Waals surface area contributed by atoms with Crippen LogP contribution in [0.5, 0.6) is 11.5 Å². The van der Waals surface area contributed by atoms with Crippen molar-refractivity contribution in [2.45, 2.75) is 13.8 Å². The zero-order valence-corrected chi connectivity index (χ0v) is 7.33. The molecule has 1 aromatic carbocycles. The van der Waals surface area contributed by atoms with Gasteiger partial charge in [0.25, 0.3) is 0 Å². The fraction of sp³-hybridized carbons (Fsp3) is 0.222. The standard InChI is InChI=1S/C9H10O4/c1-4-3-6(10)8(11)7(5(4)2)9(12)13/h3,10-11H,1-2H3,(H,12,13). The second-order valence-electron chi connectivity index (χ2n) is 2.87. The van der Waals surface area contributed by atoms with Crippen LogP contribution in [-0.2, 0) is 0 Å². The van der Waals surface area contributed by atoms with E-state index in [0.29, 0.717) is 11.1 Å². The highest BCUT2D eigenvalue weighted by Crippen LogP contribution is 2.33. The van der Waals surface area contributed by atoms with Gasteiger partial charge in [0.15, 0.2) is 11.5 Å². The summed E-state index contributed by atoms with van der Waals surface area (Å²) in [7, 11) is 0. The number of aromatic carboxylic acids is 1. The number of carboxylic acid groups (broad SMARTS) is 1. The van der Waals surface area contributed by atoms with Crippen LogP contribution < -0.4 is 0 Å². The third kappa shape index (κ3) is 1.42. The van der Waals surface area contributed by atoms with Crippen LogP contribution in [0.25, 0.3) is 0 Å². The fourth-order valence-electron chi connectivity index (χ4n) is 1.15. The zero-order chi connectivity index (χ0) is 10.2. The first kappa shape index (κ1) is 9.38. The SMILES string of the molecule is Cc1cc(O)c(O)c(C(=O)O)c1C. The second kappa shape index (κ2) is 2.97. The maximum Gasteiger partial charge on any atom is 0.339 e. The van der Waals surface area contributed by atoms with Gasteiger partial charge < -0.3 is 15.3 Å². The molecule has 3 N–H and O–H groups in total. The molecule has 4 nitrogen and oxygen atoms in total. The summed E-state index contributed by atoms with van der Waals surface area (Å²) in [5.41, 5.74) is 0.855. The molecule has 4 heteroatoms.